The smallest absolute Gasteiger partial charge is 0.244 e. The van der Waals surface area contributed by atoms with Gasteiger partial charge in [-0.25, -0.2) is 16.8 Å². The van der Waals surface area contributed by atoms with E-state index in [-0.39, 0.29) is 29.4 Å². The number of carbonyl (C=O) groups is 1. The maximum Gasteiger partial charge on any atom is 0.244 e. The van der Waals surface area contributed by atoms with Gasteiger partial charge in [-0.3, -0.25) is 4.79 Å². The van der Waals surface area contributed by atoms with Crippen molar-refractivity contribution in [2.24, 2.45) is 0 Å². The van der Waals surface area contributed by atoms with E-state index in [1.807, 2.05) is 42.5 Å². The Kier molecular flexibility index (Phi) is 8.38. The van der Waals surface area contributed by atoms with E-state index in [1.54, 1.807) is 48.5 Å². The van der Waals surface area contributed by atoms with Crippen molar-refractivity contribution < 1.29 is 21.6 Å². The van der Waals surface area contributed by atoms with Gasteiger partial charge in [-0.1, -0.05) is 78.5 Å². The Morgan fingerprint density at radius 3 is 1.82 bits per heavy atom. The van der Waals surface area contributed by atoms with Crippen LogP contribution < -0.4 is 5.32 Å². The minimum Gasteiger partial charge on any atom is -0.324 e. The average Bonchev–Trinajstić information content (AvgIpc) is 2.99. The molecule has 1 atom stereocenters. The number of benzene rings is 4. The van der Waals surface area contributed by atoms with Crippen molar-refractivity contribution >= 4 is 43.4 Å². The number of anilines is 1. The van der Waals surface area contributed by atoms with E-state index in [0.29, 0.717) is 5.69 Å². The molecule has 40 heavy (non-hydrogen) atoms. The van der Waals surface area contributed by atoms with Crippen molar-refractivity contribution in [3.05, 3.63) is 115 Å². The van der Waals surface area contributed by atoms with Crippen LogP contribution in [0.3, 0.4) is 0 Å². The molecule has 4 aromatic rings. The van der Waals surface area contributed by atoms with Crippen molar-refractivity contribution in [2.75, 3.05) is 25.0 Å². The summed E-state index contributed by atoms with van der Waals surface area (Å²) < 4.78 is 56.4. The zero-order valence-electron chi connectivity index (χ0n) is 21.3. The number of para-hydroxylation sites is 1. The van der Waals surface area contributed by atoms with E-state index in [4.69, 9.17) is 0 Å². The Bertz CT molecular complexity index is 1680. The molecule has 0 bridgehead atoms. The fraction of sp³-hybridized carbons (Fsp3) is 0.138. The predicted molar refractivity (Wildman–Crippen MR) is 155 cm³/mol. The number of hydrogen-bond acceptors (Lipinski definition) is 6. The highest BCUT2D eigenvalue weighted by Crippen LogP contribution is 2.34. The van der Waals surface area contributed by atoms with Crippen molar-refractivity contribution in [1.82, 2.24) is 8.61 Å². The maximum atomic E-state index is 13.8. The van der Waals surface area contributed by atoms with E-state index in [0.717, 1.165) is 14.1 Å². The first-order chi connectivity index (χ1) is 19.3. The first kappa shape index (κ1) is 28.1. The van der Waals surface area contributed by atoms with Gasteiger partial charge in [0.05, 0.1) is 15.5 Å². The summed E-state index contributed by atoms with van der Waals surface area (Å²) in [7, 11) is -8.05. The van der Waals surface area contributed by atoms with Gasteiger partial charge >= 0.3 is 0 Å². The average molecular weight is 594 g/mol. The van der Waals surface area contributed by atoms with Crippen LogP contribution >= 0.6 is 11.8 Å². The van der Waals surface area contributed by atoms with Gasteiger partial charge in [0, 0.05) is 29.4 Å². The highest BCUT2D eigenvalue weighted by molar-refractivity contribution is 7.99. The second kappa shape index (κ2) is 11.9. The van der Waals surface area contributed by atoms with E-state index in [9.17, 15) is 21.6 Å². The third-order valence-electron chi connectivity index (χ3n) is 6.44. The monoisotopic (exact) mass is 593 g/mol. The molecule has 1 N–H and O–H groups in total. The van der Waals surface area contributed by atoms with Gasteiger partial charge in [0.25, 0.3) is 0 Å². The second-order valence-corrected chi connectivity index (χ2v) is 14.0. The number of piperazine rings is 1. The summed E-state index contributed by atoms with van der Waals surface area (Å²) in [5, 5.41) is 2.88. The molecule has 1 aliphatic heterocycles. The molecule has 0 saturated carbocycles. The van der Waals surface area contributed by atoms with Crippen LogP contribution in [0.5, 0.6) is 0 Å². The van der Waals surface area contributed by atoms with Crippen molar-refractivity contribution in [3.8, 4) is 0 Å². The van der Waals surface area contributed by atoms with Crippen LogP contribution in [0.15, 0.2) is 135 Å². The van der Waals surface area contributed by atoms with Gasteiger partial charge in [-0.05, 0) is 48.5 Å². The number of amides is 1. The Morgan fingerprint density at radius 2 is 1.20 bits per heavy atom. The molecule has 0 aromatic heterocycles. The summed E-state index contributed by atoms with van der Waals surface area (Å²) in [6.45, 7) is -0.599. The van der Waals surface area contributed by atoms with E-state index in [2.05, 4.69) is 5.32 Å². The fourth-order valence-corrected chi connectivity index (χ4v) is 8.39. The number of nitrogens with zero attached hydrogens (tertiary/aromatic N) is 2. The normalized spacial score (nSPS) is 16.9. The third-order valence-corrected chi connectivity index (χ3v) is 11.3. The van der Waals surface area contributed by atoms with E-state index in [1.165, 1.54) is 40.3 Å². The van der Waals surface area contributed by atoms with Gasteiger partial charge < -0.3 is 5.32 Å². The lowest BCUT2D eigenvalue weighted by Crippen LogP contribution is -2.60. The summed E-state index contributed by atoms with van der Waals surface area (Å²) in [6.07, 6.45) is 0. The van der Waals surface area contributed by atoms with Gasteiger partial charge in [0.2, 0.25) is 26.0 Å². The minimum absolute atomic E-state index is 0.0344. The standard InChI is InChI=1S/C29H27N3O5S3/c33-29(30-26-18-10-11-19-28(26)38-23-12-4-1-5-13-23)27-22-31(39(34,35)24-14-6-2-7-15-24)20-21-32(27)40(36,37)25-16-8-3-9-17-25/h1-19,27H,20-22H2,(H,30,33)/t27-/m1/s1. The largest absolute Gasteiger partial charge is 0.324 e. The molecule has 1 amide bonds. The Hall–Kier alpha value is -3.48. The highest BCUT2D eigenvalue weighted by Gasteiger charge is 2.43. The quantitative estimate of drug-likeness (QED) is 0.322. The molecular formula is C29H27N3O5S3. The summed E-state index contributed by atoms with van der Waals surface area (Å²) >= 11 is 1.46. The van der Waals surface area contributed by atoms with Crippen LogP contribution in [0.25, 0.3) is 0 Å². The minimum atomic E-state index is -4.09. The summed E-state index contributed by atoms with van der Waals surface area (Å²) in [5.41, 5.74) is 0.501. The van der Waals surface area contributed by atoms with Crippen LogP contribution in [0.1, 0.15) is 0 Å². The van der Waals surface area contributed by atoms with E-state index >= 15 is 0 Å². The molecule has 1 saturated heterocycles. The molecule has 0 unspecified atom stereocenters. The first-order valence-electron chi connectivity index (χ1n) is 12.5. The molecule has 1 fully saturated rings. The van der Waals surface area contributed by atoms with E-state index < -0.39 is 32.0 Å². The Labute approximate surface area is 238 Å². The van der Waals surface area contributed by atoms with Crippen molar-refractivity contribution in [2.45, 2.75) is 25.6 Å². The SMILES string of the molecule is O=C(Nc1ccccc1Sc1ccccc1)[C@H]1CN(S(=O)(=O)c2ccccc2)CCN1S(=O)(=O)c1ccccc1. The molecule has 11 heteroatoms. The maximum absolute atomic E-state index is 13.8. The molecule has 4 aromatic carbocycles. The van der Waals surface area contributed by atoms with Gasteiger partial charge in [0.15, 0.2) is 0 Å². The topological polar surface area (TPSA) is 104 Å². The highest BCUT2D eigenvalue weighted by atomic mass is 32.2. The number of rotatable bonds is 8. The van der Waals surface area contributed by atoms with Crippen LogP contribution in [0.4, 0.5) is 5.69 Å². The fourth-order valence-electron chi connectivity index (χ4n) is 4.42. The zero-order chi connectivity index (χ0) is 28.2. The number of hydrogen-bond donors (Lipinski definition) is 1. The molecule has 206 valence electrons. The lowest BCUT2D eigenvalue weighted by atomic mass is 10.2. The van der Waals surface area contributed by atoms with Crippen molar-refractivity contribution in [3.63, 3.8) is 0 Å². The Morgan fingerprint density at radius 1 is 0.675 bits per heavy atom. The number of nitrogens with one attached hydrogen (secondary N) is 1. The molecule has 0 aliphatic carbocycles. The Balaban J connectivity index is 1.47. The van der Waals surface area contributed by atoms with Crippen LogP contribution in [0, 0.1) is 0 Å². The summed E-state index contributed by atoms with van der Waals surface area (Å²) in [4.78, 5) is 15.7. The van der Waals surface area contributed by atoms with Crippen LogP contribution in [-0.2, 0) is 24.8 Å². The molecule has 0 spiro atoms. The molecular weight excluding hydrogens is 567 g/mol. The number of sulfonamides is 2. The molecule has 1 heterocycles. The predicted octanol–water partition coefficient (Wildman–Crippen LogP) is 4.54. The van der Waals surface area contributed by atoms with Gasteiger partial charge in [-0.2, -0.15) is 8.61 Å². The third kappa shape index (κ3) is 5.98. The molecule has 1 aliphatic rings. The number of carbonyl (C=O) groups excluding carboxylic acids is 1. The van der Waals surface area contributed by atoms with Crippen molar-refractivity contribution in [1.29, 1.82) is 0 Å². The van der Waals surface area contributed by atoms with Gasteiger partial charge in [-0.15, -0.1) is 0 Å². The zero-order valence-corrected chi connectivity index (χ0v) is 23.8. The van der Waals surface area contributed by atoms with Crippen LogP contribution in [-0.4, -0.2) is 57.0 Å². The second-order valence-electron chi connectivity index (χ2n) is 9.02. The molecule has 5 rings (SSSR count). The summed E-state index contributed by atoms with van der Waals surface area (Å²) in [6, 6.07) is 31.3. The summed E-state index contributed by atoms with van der Waals surface area (Å²) in [5.74, 6) is -0.617. The molecule has 0 radical (unpaired) electrons. The first-order valence-corrected chi connectivity index (χ1v) is 16.2. The van der Waals surface area contributed by atoms with Gasteiger partial charge in [0.1, 0.15) is 6.04 Å². The van der Waals surface area contributed by atoms with Crippen LogP contribution in [0.2, 0.25) is 0 Å². The molecule has 8 nitrogen and oxygen atoms in total. The lowest BCUT2D eigenvalue weighted by Gasteiger charge is -2.39. The lowest BCUT2D eigenvalue weighted by molar-refractivity contribution is -0.120.